The van der Waals surface area contributed by atoms with Crippen molar-refractivity contribution >= 4 is 11.7 Å². The molecule has 0 aliphatic rings. The smallest absolute Gasteiger partial charge is 0.251 e. The lowest BCUT2D eigenvalue weighted by atomic mass is 10.0. The summed E-state index contributed by atoms with van der Waals surface area (Å²) in [7, 11) is 1.67. The van der Waals surface area contributed by atoms with Gasteiger partial charge < -0.3 is 15.4 Å². The van der Waals surface area contributed by atoms with Gasteiger partial charge in [-0.05, 0) is 30.3 Å². The van der Waals surface area contributed by atoms with Crippen molar-refractivity contribution in [2.45, 2.75) is 0 Å². The minimum Gasteiger partial charge on any atom is -0.508 e. The Kier molecular flexibility index (Phi) is 2.89. The molecule has 0 atom stereocenters. The minimum absolute atomic E-state index is 0.0774. The molecule has 2 aromatic rings. The van der Waals surface area contributed by atoms with E-state index < -0.39 is 5.91 Å². The molecule has 18 heavy (non-hydrogen) atoms. The van der Waals surface area contributed by atoms with Gasteiger partial charge in [-0.1, -0.05) is 0 Å². The summed E-state index contributed by atoms with van der Waals surface area (Å²) >= 11 is 0. The van der Waals surface area contributed by atoms with E-state index in [0.717, 1.165) is 0 Å². The number of nitrogens with zero attached hydrogens (tertiary/aromatic N) is 1. The van der Waals surface area contributed by atoms with E-state index in [9.17, 15) is 14.7 Å². The Morgan fingerprint density at radius 3 is 2.33 bits per heavy atom. The first-order valence-corrected chi connectivity index (χ1v) is 5.29. The predicted molar refractivity (Wildman–Crippen MR) is 65.5 cm³/mol. The maximum atomic E-state index is 12.3. The number of aryl methyl sites for hydroxylation is 1. The van der Waals surface area contributed by atoms with Gasteiger partial charge >= 0.3 is 0 Å². The number of primary amides is 1. The molecule has 0 bridgehead atoms. The van der Waals surface area contributed by atoms with Gasteiger partial charge in [-0.25, -0.2) is 0 Å². The number of aromatic hydroxyl groups is 1. The summed E-state index contributed by atoms with van der Waals surface area (Å²) in [4.78, 5) is 23.5. The van der Waals surface area contributed by atoms with E-state index in [1.807, 2.05) is 0 Å². The van der Waals surface area contributed by atoms with Crippen LogP contribution in [0.1, 0.15) is 26.4 Å². The van der Waals surface area contributed by atoms with E-state index in [1.165, 1.54) is 30.3 Å². The van der Waals surface area contributed by atoms with Gasteiger partial charge in [0.25, 0.3) is 5.91 Å². The monoisotopic (exact) mass is 244 g/mol. The maximum absolute atomic E-state index is 12.3. The van der Waals surface area contributed by atoms with Crippen LogP contribution in [0.4, 0.5) is 0 Å². The van der Waals surface area contributed by atoms with Crippen molar-refractivity contribution in [1.29, 1.82) is 0 Å². The second kappa shape index (κ2) is 4.37. The van der Waals surface area contributed by atoms with Crippen LogP contribution >= 0.6 is 0 Å². The SMILES string of the molecule is Cn1ccc(C(N)=O)c1C(=O)c1ccc(O)cc1. The number of phenolic OH excluding ortho intramolecular Hbond substituents is 1. The third kappa shape index (κ3) is 1.98. The van der Waals surface area contributed by atoms with Crippen LogP contribution in [-0.2, 0) is 7.05 Å². The minimum atomic E-state index is -0.641. The quantitative estimate of drug-likeness (QED) is 0.791. The zero-order valence-corrected chi connectivity index (χ0v) is 9.75. The fraction of sp³-hybridized carbons (Fsp3) is 0.0769. The standard InChI is InChI=1S/C13H12N2O3/c1-15-7-6-10(13(14)18)11(15)12(17)8-2-4-9(16)5-3-8/h2-7,16H,1H3,(H2,14,18). The van der Waals surface area contributed by atoms with Crippen LogP contribution in [0.25, 0.3) is 0 Å². The highest BCUT2D eigenvalue weighted by Gasteiger charge is 2.20. The van der Waals surface area contributed by atoms with E-state index in [2.05, 4.69) is 0 Å². The second-order valence-electron chi connectivity index (χ2n) is 3.93. The number of aromatic nitrogens is 1. The molecule has 0 spiro atoms. The number of carbonyl (C=O) groups is 2. The lowest BCUT2D eigenvalue weighted by molar-refractivity contribution is 0.0978. The highest BCUT2D eigenvalue weighted by Crippen LogP contribution is 2.17. The first-order chi connectivity index (χ1) is 8.50. The average Bonchev–Trinajstić information content (AvgIpc) is 2.71. The largest absolute Gasteiger partial charge is 0.508 e. The van der Waals surface area contributed by atoms with Gasteiger partial charge in [-0.3, -0.25) is 9.59 Å². The topological polar surface area (TPSA) is 85.3 Å². The molecule has 0 aliphatic carbocycles. The van der Waals surface area contributed by atoms with Crippen LogP contribution in [0.15, 0.2) is 36.5 Å². The van der Waals surface area contributed by atoms with Crippen LogP contribution in [0.5, 0.6) is 5.75 Å². The molecule has 3 N–H and O–H groups in total. The molecule has 92 valence electrons. The van der Waals surface area contributed by atoms with Crippen LogP contribution in [0.3, 0.4) is 0 Å². The summed E-state index contributed by atoms with van der Waals surface area (Å²) in [5, 5.41) is 9.18. The molecule has 0 saturated heterocycles. The summed E-state index contributed by atoms with van der Waals surface area (Å²) in [6, 6.07) is 7.33. The number of hydrogen-bond acceptors (Lipinski definition) is 3. The summed E-state index contributed by atoms with van der Waals surface area (Å²) in [5.74, 6) is -0.873. The van der Waals surface area contributed by atoms with Gasteiger partial charge in [0.15, 0.2) is 0 Å². The van der Waals surface area contributed by atoms with Gasteiger partial charge in [-0.2, -0.15) is 0 Å². The third-order valence-corrected chi connectivity index (χ3v) is 2.68. The fourth-order valence-electron chi connectivity index (χ4n) is 1.76. The third-order valence-electron chi connectivity index (χ3n) is 2.68. The van der Waals surface area contributed by atoms with Crippen molar-refractivity contribution in [2.24, 2.45) is 12.8 Å². The normalized spacial score (nSPS) is 10.3. The molecule has 1 heterocycles. The van der Waals surface area contributed by atoms with E-state index in [1.54, 1.807) is 17.8 Å². The molecule has 0 unspecified atom stereocenters. The summed E-state index contributed by atoms with van der Waals surface area (Å²) in [5.41, 5.74) is 6.04. The Balaban J connectivity index is 2.49. The summed E-state index contributed by atoms with van der Waals surface area (Å²) in [6.45, 7) is 0. The van der Waals surface area contributed by atoms with Gasteiger partial charge in [-0.15, -0.1) is 0 Å². The summed E-state index contributed by atoms with van der Waals surface area (Å²) < 4.78 is 1.55. The van der Waals surface area contributed by atoms with Crippen molar-refractivity contribution in [3.05, 3.63) is 53.3 Å². The highest BCUT2D eigenvalue weighted by molar-refractivity contribution is 6.14. The molecule has 1 amide bonds. The molecule has 1 aromatic heterocycles. The fourth-order valence-corrected chi connectivity index (χ4v) is 1.76. The van der Waals surface area contributed by atoms with Gasteiger partial charge in [0.05, 0.1) is 5.56 Å². The van der Waals surface area contributed by atoms with Gasteiger partial charge in [0.1, 0.15) is 11.4 Å². The molecular weight excluding hydrogens is 232 g/mol. The molecule has 0 saturated carbocycles. The Labute approximate surface area is 103 Å². The summed E-state index contributed by atoms with van der Waals surface area (Å²) in [6.07, 6.45) is 1.60. The van der Waals surface area contributed by atoms with E-state index >= 15 is 0 Å². The van der Waals surface area contributed by atoms with E-state index in [4.69, 9.17) is 5.73 Å². The Hall–Kier alpha value is -2.56. The molecule has 5 nitrogen and oxygen atoms in total. The van der Waals surface area contributed by atoms with E-state index in [-0.39, 0.29) is 22.8 Å². The van der Waals surface area contributed by atoms with Crippen molar-refractivity contribution in [2.75, 3.05) is 0 Å². The maximum Gasteiger partial charge on any atom is 0.251 e. The van der Waals surface area contributed by atoms with Crippen molar-refractivity contribution in [1.82, 2.24) is 4.57 Å². The number of rotatable bonds is 3. The lowest BCUT2D eigenvalue weighted by Gasteiger charge is -2.05. The van der Waals surface area contributed by atoms with Crippen LogP contribution in [-0.4, -0.2) is 21.4 Å². The second-order valence-corrected chi connectivity index (χ2v) is 3.93. The van der Waals surface area contributed by atoms with Crippen LogP contribution < -0.4 is 5.73 Å². The van der Waals surface area contributed by atoms with Crippen LogP contribution in [0, 0.1) is 0 Å². The number of carbonyl (C=O) groups excluding carboxylic acids is 2. The first kappa shape index (κ1) is 11.9. The number of ketones is 1. The Bertz CT molecular complexity index is 612. The molecule has 0 radical (unpaired) electrons. The molecule has 0 aliphatic heterocycles. The Morgan fingerprint density at radius 1 is 1.17 bits per heavy atom. The van der Waals surface area contributed by atoms with Gasteiger partial charge in [0, 0.05) is 18.8 Å². The van der Waals surface area contributed by atoms with Gasteiger partial charge in [0.2, 0.25) is 5.78 Å². The van der Waals surface area contributed by atoms with Crippen LogP contribution in [0.2, 0.25) is 0 Å². The average molecular weight is 244 g/mol. The molecule has 2 rings (SSSR count). The van der Waals surface area contributed by atoms with Crippen molar-refractivity contribution in [3.63, 3.8) is 0 Å². The number of hydrogen-bond donors (Lipinski definition) is 2. The number of nitrogens with two attached hydrogens (primary N) is 1. The number of benzene rings is 1. The number of amides is 1. The Morgan fingerprint density at radius 2 is 1.78 bits per heavy atom. The first-order valence-electron chi connectivity index (χ1n) is 5.29. The van der Waals surface area contributed by atoms with E-state index in [0.29, 0.717) is 5.56 Å². The number of phenols is 1. The van der Waals surface area contributed by atoms with Crippen molar-refractivity contribution < 1.29 is 14.7 Å². The molecule has 1 aromatic carbocycles. The molecule has 5 heteroatoms. The highest BCUT2D eigenvalue weighted by atomic mass is 16.3. The molecule has 0 fully saturated rings. The van der Waals surface area contributed by atoms with Crippen molar-refractivity contribution in [3.8, 4) is 5.75 Å². The lowest BCUT2D eigenvalue weighted by Crippen LogP contribution is -2.17. The zero-order chi connectivity index (χ0) is 13.3. The zero-order valence-electron chi connectivity index (χ0n) is 9.75. The molecular formula is C13H12N2O3. The predicted octanol–water partition coefficient (Wildman–Crippen LogP) is 1.06.